The lowest BCUT2D eigenvalue weighted by atomic mass is 10.2. The van der Waals surface area contributed by atoms with Crippen LogP contribution in [0.5, 0.6) is 0 Å². The van der Waals surface area contributed by atoms with Gasteiger partial charge in [0.15, 0.2) is 6.20 Å². The maximum absolute atomic E-state index is 3.98. The first-order valence-electron chi connectivity index (χ1n) is 3.09. The van der Waals surface area contributed by atoms with Gasteiger partial charge in [-0.2, -0.15) is 3.96 Å². The van der Waals surface area contributed by atoms with Gasteiger partial charge in [-0.05, 0) is 5.92 Å². The fraction of sp³-hybridized carbons (Fsp3) is 0.667. The molecule has 9 heavy (non-hydrogen) atoms. The van der Waals surface area contributed by atoms with Crippen LogP contribution >= 0.6 is 11.7 Å². The molecule has 0 spiro atoms. The maximum atomic E-state index is 3.98. The van der Waals surface area contributed by atoms with Crippen molar-refractivity contribution < 1.29 is 3.96 Å². The summed E-state index contributed by atoms with van der Waals surface area (Å²) in [5, 5.41) is 0. The highest BCUT2D eigenvalue weighted by atomic mass is 32.1. The Labute approximate surface area is 59.5 Å². The maximum Gasteiger partial charge on any atom is 0.276 e. The van der Waals surface area contributed by atoms with Gasteiger partial charge in [-0.1, -0.05) is 13.8 Å². The Morgan fingerprint density at radius 1 is 1.67 bits per heavy atom. The lowest BCUT2D eigenvalue weighted by Gasteiger charge is -1.95. The molecular weight excluding hydrogens is 132 g/mol. The molecule has 0 aliphatic heterocycles. The number of aromatic nitrogens is 2. The summed E-state index contributed by atoms with van der Waals surface area (Å²) in [5.74, 6) is 0.718. The zero-order valence-electron chi connectivity index (χ0n) is 5.74. The van der Waals surface area contributed by atoms with Crippen LogP contribution in [0, 0.1) is 5.92 Å². The minimum absolute atomic E-state index is 0.718. The highest BCUT2D eigenvalue weighted by Gasteiger charge is 2.01. The topological polar surface area (TPSA) is 16.8 Å². The molecule has 0 aromatic carbocycles. The molecule has 0 unspecified atom stereocenters. The SMILES string of the molecule is CC(C)C[n+]1ccns1. The van der Waals surface area contributed by atoms with E-state index in [1.165, 1.54) is 11.7 Å². The quantitative estimate of drug-likeness (QED) is 0.566. The van der Waals surface area contributed by atoms with Gasteiger partial charge in [-0.3, -0.25) is 0 Å². The van der Waals surface area contributed by atoms with Crippen molar-refractivity contribution in [2.75, 3.05) is 0 Å². The summed E-state index contributed by atoms with van der Waals surface area (Å²) < 4.78 is 6.11. The van der Waals surface area contributed by atoms with E-state index < -0.39 is 0 Å². The predicted octanol–water partition coefficient (Wildman–Crippen LogP) is 1.09. The smallest absolute Gasteiger partial charge is 0.176 e. The number of nitrogens with zero attached hydrogens (tertiary/aromatic N) is 2. The molecule has 0 aliphatic rings. The Morgan fingerprint density at radius 2 is 2.44 bits per heavy atom. The van der Waals surface area contributed by atoms with E-state index in [2.05, 4.69) is 22.2 Å². The monoisotopic (exact) mass is 143 g/mol. The fourth-order valence-electron chi connectivity index (χ4n) is 0.671. The van der Waals surface area contributed by atoms with Gasteiger partial charge in [-0.25, -0.2) is 0 Å². The van der Waals surface area contributed by atoms with Gasteiger partial charge in [0.05, 0.1) is 0 Å². The van der Waals surface area contributed by atoms with Crippen LogP contribution in [0.15, 0.2) is 12.4 Å². The zero-order chi connectivity index (χ0) is 6.69. The molecule has 0 fully saturated rings. The van der Waals surface area contributed by atoms with E-state index in [0.29, 0.717) is 0 Å². The van der Waals surface area contributed by atoms with Crippen molar-refractivity contribution in [3.8, 4) is 0 Å². The summed E-state index contributed by atoms with van der Waals surface area (Å²) >= 11 is 1.52. The number of rotatable bonds is 2. The Balaban J connectivity index is 2.48. The highest BCUT2D eigenvalue weighted by Crippen LogP contribution is 1.91. The molecule has 1 aromatic rings. The van der Waals surface area contributed by atoms with E-state index in [0.717, 1.165) is 12.5 Å². The summed E-state index contributed by atoms with van der Waals surface area (Å²) in [6.07, 6.45) is 3.83. The van der Waals surface area contributed by atoms with Gasteiger partial charge in [-0.15, -0.1) is 0 Å². The Kier molecular flexibility index (Phi) is 2.16. The average Bonchev–Trinajstić information content (AvgIpc) is 2.15. The zero-order valence-corrected chi connectivity index (χ0v) is 6.56. The highest BCUT2D eigenvalue weighted by molar-refractivity contribution is 6.94. The summed E-state index contributed by atoms with van der Waals surface area (Å²) in [7, 11) is 0. The van der Waals surface area contributed by atoms with Crippen LogP contribution in [0.4, 0.5) is 0 Å². The first-order valence-corrected chi connectivity index (χ1v) is 3.82. The molecule has 0 radical (unpaired) electrons. The standard InChI is InChI=1S/C6H11N2S/c1-6(2)5-8-4-3-7-9-8/h3-4,6H,5H2,1-2H3/q+1. The summed E-state index contributed by atoms with van der Waals surface area (Å²) in [4.78, 5) is 0. The molecule has 0 atom stereocenters. The first kappa shape index (κ1) is 6.68. The van der Waals surface area contributed by atoms with Crippen molar-refractivity contribution in [3.05, 3.63) is 12.4 Å². The molecule has 1 heterocycles. The molecular formula is C6H11N2S+. The third-order valence-corrected chi connectivity index (χ3v) is 1.69. The average molecular weight is 143 g/mol. The molecule has 0 bridgehead atoms. The molecule has 0 saturated carbocycles. The summed E-state index contributed by atoms with van der Waals surface area (Å²) in [6, 6.07) is 0. The Hall–Kier alpha value is -0.440. The first-order chi connectivity index (χ1) is 4.29. The lowest BCUT2D eigenvalue weighted by Crippen LogP contribution is -2.30. The second kappa shape index (κ2) is 2.92. The van der Waals surface area contributed by atoms with E-state index in [1.54, 1.807) is 0 Å². The summed E-state index contributed by atoms with van der Waals surface area (Å²) in [6.45, 7) is 5.49. The molecule has 1 aromatic heterocycles. The van der Waals surface area contributed by atoms with E-state index in [1.807, 2.05) is 12.4 Å². The fourth-order valence-corrected chi connectivity index (χ4v) is 1.37. The van der Waals surface area contributed by atoms with Crippen LogP contribution in [0.25, 0.3) is 0 Å². The van der Waals surface area contributed by atoms with E-state index in [4.69, 9.17) is 0 Å². The van der Waals surface area contributed by atoms with Crippen molar-refractivity contribution in [2.24, 2.45) is 5.92 Å². The molecule has 0 amide bonds. The Bertz CT molecular complexity index is 158. The van der Waals surface area contributed by atoms with Gasteiger partial charge < -0.3 is 0 Å². The lowest BCUT2D eigenvalue weighted by molar-refractivity contribution is -0.635. The minimum atomic E-state index is 0.718. The molecule has 0 saturated heterocycles. The van der Waals surface area contributed by atoms with Crippen molar-refractivity contribution in [1.29, 1.82) is 0 Å². The van der Waals surface area contributed by atoms with Gasteiger partial charge in [0.25, 0.3) is 11.7 Å². The van der Waals surface area contributed by atoms with Gasteiger partial charge in [0, 0.05) is 4.37 Å². The van der Waals surface area contributed by atoms with Crippen LogP contribution < -0.4 is 3.96 Å². The molecule has 0 N–H and O–H groups in total. The van der Waals surface area contributed by atoms with E-state index in [-0.39, 0.29) is 0 Å². The normalized spacial score (nSPS) is 10.6. The van der Waals surface area contributed by atoms with Crippen molar-refractivity contribution in [3.63, 3.8) is 0 Å². The third-order valence-electron chi connectivity index (χ3n) is 0.991. The molecule has 3 heteroatoms. The Morgan fingerprint density at radius 3 is 2.89 bits per heavy atom. The van der Waals surface area contributed by atoms with Crippen LogP contribution in [0.3, 0.4) is 0 Å². The van der Waals surface area contributed by atoms with E-state index >= 15 is 0 Å². The predicted molar refractivity (Wildman–Crippen MR) is 37.1 cm³/mol. The van der Waals surface area contributed by atoms with E-state index in [9.17, 15) is 0 Å². The van der Waals surface area contributed by atoms with Crippen molar-refractivity contribution >= 4 is 11.7 Å². The second-order valence-electron chi connectivity index (χ2n) is 2.48. The largest absolute Gasteiger partial charge is 0.276 e. The minimum Gasteiger partial charge on any atom is -0.176 e. The van der Waals surface area contributed by atoms with Crippen LogP contribution in [-0.4, -0.2) is 4.37 Å². The van der Waals surface area contributed by atoms with Crippen LogP contribution in [0.2, 0.25) is 0 Å². The molecule has 2 nitrogen and oxygen atoms in total. The third kappa shape index (κ3) is 2.10. The number of hydrogen-bond acceptors (Lipinski definition) is 2. The van der Waals surface area contributed by atoms with Crippen molar-refractivity contribution in [2.45, 2.75) is 20.4 Å². The second-order valence-corrected chi connectivity index (χ2v) is 3.32. The molecule has 0 aliphatic carbocycles. The summed E-state index contributed by atoms with van der Waals surface area (Å²) in [5.41, 5.74) is 0. The number of hydrogen-bond donors (Lipinski definition) is 0. The van der Waals surface area contributed by atoms with Gasteiger partial charge in [0.2, 0.25) is 0 Å². The van der Waals surface area contributed by atoms with Gasteiger partial charge in [0.1, 0.15) is 12.7 Å². The van der Waals surface area contributed by atoms with Crippen molar-refractivity contribution in [1.82, 2.24) is 4.37 Å². The van der Waals surface area contributed by atoms with Crippen LogP contribution in [0.1, 0.15) is 13.8 Å². The van der Waals surface area contributed by atoms with Crippen LogP contribution in [-0.2, 0) is 6.54 Å². The molecule has 50 valence electrons. The molecule has 1 rings (SSSR count). The van der Waals surface area contributed by atoms with Gasteiger partial charge >= 0.3 is 0 Å².